The van der Waals surface area contributed by atoms with Gasteiger partial charge in [-0.15, -0.1) is 0 Å². The van der Waals surface area contributed by atoms with Crippen molar-refractivity contribution in [3.63, 3.8) is 0 Å². The van der Waals surface area contributed by atoms with Crippen LogP contribution in [0.1, 0.15) is 30.5 Å². The van der Waals surface area contributed by atoms with Crippen LogP contribution in [0, 0.1) is 12.8 Å². The molecule has 3 aromatic carbocycles. The van der Waals surface area contributed by atoms with Gasteiger partial charge in [0.2, 0.25) is 5.91 Å². The Morgan fingerprint density at radius 2 is 1.91 bits per heavy atom. The van der Waals surface area contributed by atoms with Crippen molar-refractivity contribution < 1.29 is 9.53 Å². The lowest BCUT2D eigenvalue weighted by molar-refractivity contribution is -0.120. The van der Waals surface area contributed by atoms with Crippen molar-refractivity contribution in [1.82, 2.24) is 15.1 Å². The molecule has 1 amide bonds. The van der Waals surface area contributed by atoms with E-state index >= 15 is 0 Å². The van der Waals surface area contributed by atoms with Crippen LogP contribution in [0.15, 0.2) is 72.9 Å². The molecule has 0 bridgehead atoms. The number of hydrogen-bond acceptors (Lipinski definition) is 3. The minimum absolute atomic E-state index is 0.00982. The summed E-state index contributed by atoms with van der Waals surface area (Å²) < 4.78 is 8.22. The zero-order valence-electron chi connectivity index (χ0n) is 18.8. The average Bonchev–Trinajstić information content (AvgIpc) is 3.14. The smallest absolute Gasteiger partial charge is 0.224 e. The third-order valence-corrected chi connectivity index (χ3v) is 5.27. The Bertz CT molecular complexity index is 1230. The maximum Gasteiger partial charge on any atom is 0.224 e. The molecule has 0 aliphatic heterocycles. The summed E-state index contributed by atoms with van der Waals surface area (Å²) >= 11 is 0. The highest BCUT2D eigenvalue weighted by Crippen LogP contribution is 2.28. The van der Waals surface area contributed by atoms with Crippen LogP contribution in [0.4, 0.5) is 0 Å². The zero-order chi connectivity index (χ0) is 22.5. The number of nitrogens with zero attached hydrogens (tertiary/aromatic N) is 2. The zero-order valence-corrected chi connectivity index (χ0v) is 18.8. The number of aryl methyl sites for hydroxylation is 1. The molecule has 0 aliphatic rings. The fraction of sp³-hybridized carbons (Fsp3) is 0.259. The van der Waals surface area contributed by atoms with Crippen molar-refractivity contribution >= 4 is 16.8 Å². The molecule has 5 heteroatoms. The van der Waals surface area contributed by atoms with Gasteiger partial charge >= 0.3 is 0 Å². The molecule has 4 aromatic rings. The lowest BCUT2D eigenvalue weighted by Crippen LogP contribution is -2.24. The van der Waals surface area contributed by atoms with E-state index in [1.165, 1.54) is 0 Å². The standard InChI is InChI=1S/C27H29N3O2/c1-19(2)18-30-25-12-11-24(15-23(25)17-29-30)32-26-10-5-4-9-22(26)16-28-27(31)14-21-8-6-7-20(3)13-21/h4-13,15,17,19H,14,16,18H2,1-3H3,(H,28,31). The van der Waals surface area contributed by atoms with Crippen LogP contribution in [-0.2, 0) is 24.3 Å². The molecule has 0 saturated carbocycles. The van der Waals surface area contributed by atoms with Crippen LogP contribution < -0.4 is 10.1 Å². The lowest BCUT2D eigenvalue weighted by atomic mass is 10.1. The molecule has 0 spiro atoms. The number of rotatable bonds is 8. The minimum atomic E-state index is -0.00982. The van der Waals surface area contributed by atoms with Gasteiger partial charge in [-0.2, -0.15) is 5.10 Å². The number of carbonyl (C=O) groups excluding carboxylic acids is 1. The first-order valence-electron chi connectivity index (χ1n) is 11.0. The average molecular weight is 428 g/mol. The van der Waals surface area contributed by atoms with Crippen LogP contribution >= 0.6 is 0 Å². The molecule has 0 atom stereocenters. The molecule has 0 saturated heterocycles. The maximum atomic E-state index is 12.4. The van der Waals surface area contributed by atoms with E-state index < -0.39 is 0 Å². The fourth-order valence-electron chi connectivity index (χ4n) is 3.76. The highest BCUT2D eigenvalue weighted by molar-refractivity contribution is 5.80. The Morgan fingerprint density at radius 3 is 2.72 bits per heavy atom. The van der Waals surface area contributed by atoms with Crippen LogP contribution in [0.2, 0.25) is 0 Å². The van der Waals surface area contributed by atoms with Crippen molar-refractivity contribution in [2.45, 2.75) is 40.3 Å². The normalized spacial score (nSPS) is 11.1. The van der Waals surface area contributed by atoms with Crippen LogP contribution in [0.3, 0.4) is 0 Å². The Labute approximate surface area is 189 Å². The molecule has 164 valence electrons. The SMILES string of the molecule is Cc1cccc(CC(=O)NCc2ccccc2Oc2ccc3c(cnn3CC(C)C)c2)c1. The summed E-state index contributed by atoms with van der Waals surface area (Å²) in [5, 5.41) is 8.56. The van der Waals surface area contributed by atoms with Gasteiger partial charge in [-0.3, -0.25) is 9.48 Å². The number of ether oxygens (including phenoxy) is 1. The van der Waals surface area contributed by atoms with E-state index in [9.17, 15) is 4.79 Å². The molecule has 0 fully saturated rings. The number of nitrogens with one attached hydrogen (secondary N) is 1. The van der Waals surface area contributed by atoms with Crippen molar-refractivity contribution in [1.29, 1.82) is 0 Å². The monoisotopic (exact) mass is 427 g/mol. The lowest BCUT2D eigenvalue weighted by Gasteiger charge is -2.13. The Hall–Kier alpha value is -3.60. The molecule has 32 heavy (non-hydrogen) atoms. The molecule has 4 rings (SSSR count). The number of para-hydroxylation sites is 1. The van der Waals surface area contributed by atoms with Gasteiger partial charge in [-0.1, -0.05) is 61.9 Å². The summed E-state index contributed by atoms with van der Waals surface area (Å²) in [6.07, 6.45) is 2.24. The van der Waals surface area contributed by atoms with Gasteiger partial charge in [0.25, 0.3) is 0 Å². The molecule has 0 aliphatic carbocycles. The summed E-state index contributed by atoms with van der Waals surface area (Å²) in [5.74, 6) is 2.00. The van der Waals surface area contributed by atoms with Gasteiger partial charge in [-0.25, -0.2) is 0 Å². The van der Waals surface area contributed by atoms with E-state index in [1.807, 2.05) is 84.5 Å². The second-order valence-electron chi connectivity index (χ2n) is 8.59. The van der Waals surface area contributed by atoms with Crippen molar-refractivity contribution in [3.05, 3.63) is 89.6 Å². The van der Waals surface area contributed by atoms with Crippen LogP contribution in [0.5, 0.6) is 11.5 Å². The predicted octanol–water partition coefficient (Wildman–Crippen LogP) is 5.65. The Kier molecular flexibility index (Phi) is 6.55. The first-order chi connectivity index (χ1) is 15.5. The summed E-state index contributed by atoms with van der Waals surface area (Å²) in [5.41, 5.74) is 4.20. The molecule has 5 nitrogen and oxygen atoms in total. The van der Waals surface area contributed by atoms with Gasteiger partial charge in [0.05, 0.1) is 18.1 Å². The topological polar surface area (TPSA) is 56.1 Å². The predicted molar refractivity (Wildman–Crippen MR) is 128 cm³/mol. The van der Waals surface area contributed by atoms with Gasteiger partial charge in [0, 0.05) is 24.0 Å². The summed E-state index contributed by atoms with van der Waals surface area (Å²) in [6, 6.07) is 21.8. The number of carbonyl (C=O) groups is 1. The van der Waals surface area contributed by atoms with E-state index in [4.69, 9.17) is 4.74 Å². The Morgan fingerprint density at radius 1 is 1.06 bits per heavy atom. The molecule has 1 aromatic heterocycles. The highest BCUT2D eigenvalue weighted by Gasteiger charge is 2.10. The molecule has 1 heterocycles. The molecule has 0 unspecified atom stereocenters. The second-order valence-corrected chi connectivity index (χ2v) is 8.59. The van der Waals surface area contributed by atoms with E-state index in [2.05, 4.69) is 24.3 Å². The first kappa shape index (κ1) is 21.6. The first-order valence-corrected chi connectivity index (χ1v) is 11.0. The summed E-state index contributed by atoms with van der Waals surface area (Å²) in [6.45, 7) is 7.69. The highest BCUT2D eigenvalue weighted by atomic mass is 16.5. The number of benzene rings is 3. The van der Waals surface area contributed by atoms with Crippen molar-refractivity contribution in [3.8, 4) is 11.5 Å². The van der Waals surface area contributed by atoms with E-state index in [0.717, 1.165) is 45.6 Å². The maximum absolute atomic E-state index is 12.4. The van der Waals surface area contributed by atoms with E-state index in [-0.39, 0.29) is 5.91 Å². The number of hydrogen-bond donors (Lipinski definition) is 1. The van der Waals surface area contributed by atoms with E-state index in [1.54, 1.807) is 0 Å². The quantitative estimate of drug-likeness (QED) is 0.395. The van der Waals surface area contributed by atoms with E-state index in [0.29, 0.717) is 18.9 Å². The largest absolute Gasteiger partial charge is 0.457 e. The molecule has 1 N–H and O–H groups in total. The van der Waals surface area contributed by atoms with Crippen LogP contribution in [-0.4, -0.2) is 15.7 Å². The van der Waals surface area contributed by atoms with Crippen LogP contribution in [0.25, 0.3) is 10.9 Å². The van der Waals surface area contributed by atoms with Gasteiger partial charge in [0.1, 0.15) is 11.5 Å². The second kappa shape index (κ2) is 9.69. The third-order valence-electron chi connectivity index (χ3n) is 5.27. The number of fused-ring (bicyclic) bond motifs is 1. The minimum Gasteiger partial charge on any atom is -0.457 e. The van der Waals surface area contributed by atoms with Gasteiger partial charge in [0.15, 0.2) is 0 Å². The molecular weight excluding hydrogens is 398 g/mol. The van der Waals surface area contributed by atoms with Crippen molar-refractivity contribution in [2.24, 2.45) is 5.92 Å². The van der Waals surface area contributed by atoms with Gasteiger partial charge in [-0.05, 0) is 42.7 Å². The number of amides is 1. The summed E-state index contributed by atoms with van der Waals surface area (Å²) in [7, 11) is 0. The Balaban J connectivity index is 1.43. The summed E-state index contributed by atoms with van der Waals surface area (Å²) in [4.78, 5) is 12.4. The number of aromatic nitrogens is 2. The molecule has 0 radical (unpaired) electrons. The van der Waals surface area contributed by atoms with Gasteiger partial charge < -0.3 is 10.1 Å². The third kappa shape index (κ3) is 5.35. The fourth-order valence-corrected chi connectivity index (χ4v) is 3.76. The molecular formula is C27H29N3O2. The van der Waals surface area contributed by atoms with Crippen molar-refractivity contribution in [2.75, 3.05) is 0 Å².